The highest BCUT2D eigenvalue weighted by molar-refractivity contribution is 5.91. The first kappa shape index (κ1) is 17.4. The minimum atomic E-state index is 0.183. The molecule has 0 aliphatic carbocycles. The molecule has 0 spiro atoms. The van der Waals surface area contributed by atoms with Crippen LogP contribution in [0, 0.1) is 5.92 Å². The van der Waals surface area contributed by atoms with E-state index in [-0.39, 0.29) is 11.7 Å². The zero-order valence-electron chi connectivity index (χ0n) is 12.9. The van der Waals surface area contributed by atoms with E-state index in [2.05, 4.69) is 32.7 Å². The van der Waals surface area contributed by atoms with E-state index in [1.807, 2.05) is 13.0 Å². The molecule has 1 unspecified atom stereocenters. The van der Waals surface area contributed by atoms with E-state index in [4.69, 9.17) is 0 Å². The Bertz CT molecular complexity index is 245. The fourth-order valence-corrected chi connectivity index (χ4v) is 1.73. The standard InChI is InChI=1S/C16H31NO/c1-6-7-8-9-11-15(4)16(18)12-10-13-17(5)14(2)3/h10,12,14-15H,6-9,11,13H2,1-5H3/b12-10+. The molecule has 0 aliphatic heterocycles. The zero-order chi connectivity index (χ0) is 14.0. The summed E-state index contributed by atoms with van der Waals surface area (Å²) in [6.45, 7) is 9.43. The second-order valence-electron chi connectivity index (χ2n) is 5.59. The quantitative estimate of drug-likeness (QED) is 0.432. The predicted octanol–water partition coefficient (Wildman–Crippen LogP) is 4.06. The van der Waals surface area contributed by atoms with E-state index >= 15 is 0 Å². The van der Waals surface area contributed by atoms with Crippen molar-refractivity contribution in [3.63, 3.8) is 0 Å². The molecule has 106 valence electrons. The van der Waals surface area contributed by atoms with E-state index in [9.17, 15) is 4.79 Å². The molecule has 0 fully saturated rings. The van der Waals surface area contributed by atoms with Gasteiger partial charge in [0.25, 0.3) is 0 Å². The molecule has 0 aromatic rings. The number of hydrogen-bond donors (Lipinski definition) is 0. The average Bonchev–Trinajstić information content (AvgIpc) is 2.33. The lowest BCUT2D eigenvalue weighted by Gasteiger charge is -2.18. The van der Waals surface area contributed by atoms with Gasteiger partial charge in [-0.2, -0.15) is 0 Å². The predicted molar refractivity (Wildman–Crippen MR) is 79.8 cm³/mol. The number of allylic oxidation sites excluding steroid dienone is 1. The molecule has 0 aliphatic rings. The second kappa shape index (κ2) is 10.3. The summed E-state index contributed by atoms with van der Waals surface area (Å²) < 4.78 is 0. The van der Waals surface area contributed by atoms with Gasteiger partial charge in [-0.25, -0.2) is 0 Å². The highest BCUT2D eigenvalue weighted by atomic mass is 16.1. The lowest BCUT2D eigenvalue weighted by atomic mass is 9.98. The van der Waals surface area contributed by atoms with E-state index in [0.717, 1.165) is 13.0 Å². The summed E-state index contributed by atoms with van der Waals surface area (Å²) in [4.78, 5) is 14.1. The van der Waals surface area contributed by atoms with Crippen molar-refractivity contribution in [2.75, 3.05) is 13.6 Å². The zero-order valence-corrected chi connectivity index (χ0v) is 12.9. The van der Waals surface area contributed by atoms with Crippen LogP contribution >= 0.6 is 0 Å². The Kier molecular flexibility index (Phi) is 9.95. The Morgan fingerprint density at radius 3 is 2.39 bits per heavy atom. The van der Waals surface area contributed by atoms with E-state index in [1.54, 1.807) is 6.08 Å². The molecule has 0 heterocycles. The van der Waals surface area contributed by atoms with Crippen LogP contribution in [-0.2, 0) is 4.79 Å². The van der Waals surface area contributed by atoms with E-state index < -0.39 is 0 Å². The molecule has 0 bridgehead atoms. The van der Waals surface area contributed by atoms with E-state index in [1.165, 1.54) is 25.7 Å². The van der Waals surface area contributed by atoms with Crippen molar-refractivity contribution in [1.82, 2.24) is 4.90 Å². The topological polar surface area (TPSA) is 20.3 Å². The normalized spacial score (nSPS) is 13.7. The summed E-state index contributed by atoms with van der Waals surface area (Å²) >= 11 is 0. The molecule has 1 atom stereocenters. The van der Waals surface area contributed by atoms with Gasteiger partial charge in [-0.3, -0.25) is 4.79 Å². The van der Waals surface area contributed by atoms with Crippen molar-refractivity contribution in [3.05, 3.63) is 12.2 Å². The average molecular weight is 253 g/mol. The van der Waals surface area contributed by atoms with Crippen LogP contribution < -0.4 is 0 Å². The van der Waals surface area contributed by atoms with Gasteiger partial charge in [0.2, 0.25) is 0 Å². The maximum Gasteiger partial charge on any atom is 0.158 e. The third kappa shape index (κ3) is 8.46. The molecular formula is C16H31NO. The van der Waals surface area contributed by atoms with Gasteiger partial charge in [0.15, 0.2) is 5.78 Å². The van der Waals surface area contributed by atoms with Gasteiger partial charge in [0.1, 0.15) is 0 Å². The molecule has 0 amide bonds. The van der Waals surface area contributed by atoms with Crippen molar-refractivity contribution >= 4 is 5.78 Å². The second-order valence-corrected chi connectivity index (χ2v) is 5.59. The number of likely N-dealkylation sites (N-methyl/N-ethyl adjacent to an activating group) is 1. The Morgan fingerprint density at radius 1 is 1.17 bits per heavy atom. The van der Waals surface area contributed by atoms with Crippen molar-refractivity contribution in [2.24, 2.45) is 5.92 Å². The van der Waals surface area contributed by atoms with Crippen LogP contribution in [0.3, 0.4) is 0 Å². The lowest BCUT2D eigenvalue weighted by molar-refractivity contribution is -0.117. The van der Waals surface area contributed by atoms with Crippen LogP contribution in [0.4, 0.5) is 0 Å². The van der Waals surface area contributed by atoms with Gasteiger partial charge in [-0.15, -0.1) is 0 Å². The number of ketones is 1. The highest BCUT2D eigenvalue weighted by Crippen LogP contribution is 2.11. The molecule has 2 nitrogen and oxygen atoms in total. The minimum Gasteiger partial charge on any atom is -0.300 e. The van der Waals surface area contributed by atoms with Gasteiger partial charge in [-0.1, -0.05) is 45.6 Å². The van der Waals surface area contributed by atoms with Crippen LogP contribution in [-0.4, -0.2) is 30.3 Å². The molecule has 0 N–H and O–H groups in total. The summed E-state index contributed by atoms with van der Waals surface area (Å²) in [5.41, 5.74) is 0. The number of unbranched alkanes of at least 4 members (excludes halogenated alkanes) is 3. The molecule has 2 heteroatoms. The summed E-state index contributed by atoms with van der Waals surface area (Å²) in [5.74, 6) is 0.464. The molecular weight excluding hydrogens is 222 g/mol. The molecule has 0 saturated heterocycles. The fourth-order valence-electron chi connectivity index (χ4n) is 1.73. The molecule has 0 aromatic carbocycles. The third-order valence-electron chi connectivity index (χ3n) is 3.53. The summed E-state index contributed by atoms with van der Waals surface area (Å²) in [6.07, 6.45) is 9.77. The van der Waals surface area contributed by atoms with Crippen molar-refractivity contribution < 1.29 is 4.79 Å². The van der Waals surface area contributed by atoms with Crippen LogP contribution in [0.15, 0.2) is 12.2 Å². The lowest BCUT2D eigenvalue weighted by Crippen LogP contribution is -2.26. The summed E-state index contributed by atoms with van der Waals surface area (Å²) in [6, 6.07) is 0.524. The van der Waals surface area contributed by atoms with Crippen molar-refractivity contribution in [3.8, 4) is 0 Å². The molecule has 18 heavy (non-hydrogen) atoms. The third-order valence-corrected chi connectivity index (χ3v) is 3.53. The number of hydrogen-bond acceptors (Lipinski definition) is 2. The van der Waals surface area contributed by atoms with Crippen molar-refractivity contribution in [1.29, 1.82) is 0 Å². The molecule has 0 radical (unpaired) electrons. The Hall–Kier alpha value is -0.630. The monoisotopic (exact) mass is 253 g/mol. The van der Waals surface area contributed by atoms with Crippen LogP contribution in [0.1, 0.15) is 59.8 Å². The maximum absolute atomic E-state index is 11.9. The first-order chi connectivity index (χ1) is 8.49. The van der Waals surface area contributed by atoms with Gasteiger partial charge in [-0.05, 0) is 33.4 Å². The van der Waals surface area contributed by atoms with Crippen molar-refractivity contribution in [2.45, 2.75) is 65.8 Å². The van der Waals surface area contributed by atoms with Crippen LogP contribution in [0.5, 0.6) is 0 Å². The Labute approximate surface area is 113 Å². The number of nitrogens with zero attached hydrogens (tertiary/aromatic N) is 1. The Morgan fingerprint density at radius 2 is 1.83 bits per heavy atom. The fraction of sp³-hybridized carbons (Fsp3) is 0.812. The minimum absolute atomic E-state index is 0.183. The number of carbonyl (C=O) groups is 1. The van der Waals surface area contributed by atoms with Gasteiger partial charge >= 0.3 is 0 Å². The van der Waals surface area contributed by atoms with Gasteiger partial charge < -0.3 is 4.90 Å². The van der Waals surface area contributed by atoms with Crippen LogP contribution in [0.25, 0.3) is 0 Å². The van der Waals surface area contributed by atoms with Gasteiger partial charge in [0.05, 0.1) is 0 Å². The molecule has 0 rings (SSSR count). The van der Waals surface area contributed by atoms with E-state index in [0.29, 0.717) is 6.04 Å². The summed E-state index contributed by atoms with van der Waals surface area (Å²) in [7, 11) is 2.08. The van der Waals surface area contributed by atoms with Crippen LogP contribution in [0.2, 0.25) is 0 Å². The largest absolute Gasteiger partial charge is 0.300 e. The Balaban J connectivity index is 3.82. The highest BCUT2D eigenvalue weighted by Gasteiger charge is 2.09. The maximum atomic E-state index is 11.9. The summed E-state index contributed by atoms with van der Waals surface area (Å²) in [5, 5.41) is 0. The molecule has 0 aromatic heterocycles. The first-order valence-electron chi connectivity index (χ1n) is 7.39. The molecule has 0 saturated carbocycles. The number of rotatable bonds is 10. The first-order valence-corrected chi connectivity index (χ1v) is 7.39. The van der Waals surface area contributed by atoms with Gasteiger partial charge in [0, 0.05) is 18.5 Å². The number of carbonyl (C=O) groups excluding carboxylic acids is 1. The smallest absolute Gasteiger partial charge is 0.158 e. The SMILES string of the molecule is CCCCCCC(C)C(=O)/C=C/CN(C)C(C)C.